The van der Waals surface area contributed by atoms with Crippen LogP contribution in [0.5, 0.6) is 0 Å². The first-order valence-corrected chi connectivity index (χ1v) is 6.11. The summed E-state index contributed by atoms with van der Waals surface area (Å²) in [6, 6.07) is 3.74. The highest BCUT2D eigenvalue weighted by molar-refractivity contribution is 5.27. The van der Waals surface area contributed by atoms with Crippen LogP contribution in [0, 0.1) is 23.5 Å². The largest absolute Gasteiger partial charge is 0.385 e. The molecule has 1 nitrogen and oxygen atoms in total. The molecule has 1 N–H and O–H groups in total. The lowest BCUT2D eigenvalue weighted by molar-refractivity contribution is -0.0389. The van der Waals surface area contributed by atoms with Crippen LogP contribution < -0.4 is 0 Å². The fourth-order valence-corrected chi connectivity index (χ4v) is 2.76. The van der Waals surface area contributed by atoms with E-state index in [1.807, 2.05) is 6.92 Å². The van der Waals surface area contributed by atoms with Gasteiger partial charge in [0.15, 0.2) is 0 Å². The number of aliphatic hydroxyl groups is 1. The Kier molecular flexibility index (Phi) is 3.21. The first-order valence-electron chi connectivity index (χ1n) is 6.11. The lowest BCUT2D eigenvalue weighted by Gasteiger charge is -2.39. The van der Waals surface area contributed by atoms with Gasteiger partial charge in [-0.25, -0.2) is 8.78 Å². The number of benzene rings is 1. The normalized spacial score (nSPS) is 33.7. The molecule has 1 aromatic rings. The molecule has 0 radical (unpaired) electrons. The fraction of sp³-hybridized carbons (Fsp3) is 0.571. The zero-order chi connectivity index (χ0) is 12.6. The Hall–Kier alpha value is -0.960. The molecule has 0 aromatic heterocycles. The predicted octanol–water partition coefficient (Wildman–Crippen LogP) is 3.61. The van der Waals surface area contributed by atoms with Crippen molar-refractivity contribution in [2.24, 2.45) is 11.8 Å². The Bertz CT molecular complexity index is 398. The Balaban J connectivity index is 2.39. The van der Waals surface area contributed by atoms with Crippen LogP contribution in [0.15, 0.2) is 18.2 Å². The molecule has 0 heterocycles. The average molecular weight is 240 g/mol. The average Bonchev–Trinajstić information content (AvgIpc) is 2.24. The topological polar surface area (TPSA) is 20.2 Å². The first kappa shape index (κ1) is 12.5. The second kappa shape index (κ2) is 4.37. The predicted molar refractivity (Wildman–Crippen MR) is 62.4 cm³/mol. The van der Waals surface area contributed by atoms with Crippen LogP contribution >= 0.6 is 0 Å². The lowest BCUT2D eigenvalue weighted by Crippen LogP contribution is -2.36. The summed E-state index contributed by atoms with van der Waals surface area (Å²) in [7, 11) is 0. The second-order valence-electron chi connectivity index (χ2n) is 5.33. The number of hydrogen-bond donors (Lipinski definition) is 1. The number of rotatable bonds is 1. The standard InChI is InChI=1S/C14H18F2O/c1-9-6-7-14(17,8-10(9)2)13-11(15)4-3-5-12(13)16/h3-5,9-10,17H,6-8H2,1-2H3. The zero-order valence-corrected chi connectivity index (χ0v) is 10.2. The minimum absolute atomic E-state index is 0.154. The van der Waals surface area contributed by atoms with Crippen LogP contribution in [0.3, 0.4) is 0 Å². The van der Waals surface area contributed by atoms with Crippen molar-refractivity contribution >= 4 is 0 Å². The third kappa shape index (κ3) is 2.21. The molecule has 1 saturated carbocycles. The van der Waals surface area contributed by atoms with Crippen molar-refractivity contribution in [1.82, 2.24) is 0 Å². The van der Waals surface area contributed by atoms with Crippen molar-refractivity contribution < 1.29 is 13.9 Å². The summed E-state index contributed by atoms with van der Waals surface area (Å²) in [6.45, 7) is 4.13. The Morgan fingerprint density at radius 2 is 1.76 bits per heavy atom. The van der Waals surface area contributed by atoms with Crippen molar-refractivity contribution in [2.45, 2.75) is 38.7 Å². The molecule has 94 valence electrons. The van der Waals surface area contributed by atoms with Crippen LogP contribution in [-0.4, -0.2) is 5.11 Å². The molecule has 1 aliphatic carbocycles. The van der Waals surface area contributed by atoms with Crippen molar-refractivity contribution in [3.8, 4) is 0 Å². The summed E-state index contributed by atoms with van der Waals surface area (Å²) in [5.41, 5.74) is -1.50. The highest BCUT2D eigenvalue weighted by Crippen LogP contribution is 2.43. The van der Waals surface area contributed by atoms with E-state index in [2.05, 4.69) is 6.92 Å². The quantitative estimate of drug-likeness (QED) is 0.795. The van der Waals surface area contributed by atoms with Crippen molar-refractivity contribution in [3.63, 3.8) is 0 Å². The molecule has 0 aliphatic heterocycles. The van der Waals surface area contributed by atoms with E-state index in [1.54, 1.807) is 0 Å². The summed E-state index contributed by atoms with van der Waals surface area (Å²) in [5, 5.41) is 10.5. The molecular weight excluding hydrogens is 222 g/mol. The van der Waals surface area contributed by atoms with Crippen LogP contribution in [-0.2, 0) is 5.60 Å². The Morgan fingerprint density at radius 3 is 2.29 bits per heavy atom. The van der Waals surface area contributed by atoms with Crippen molar-refractivity contribution in [1.29, 1.82) is 0 Å². The van der Waals surface area contributed by atoms with Gasteiger partial charge in [-0.2, -0.15) is 0 Å². The zero-order valence-electron chi connectivity index (χ0n) is 10.2. The molecule has 0 amide bonds. The minimum atomic E-state index is -1.35. The van der Waals surface area contributed by atoms with Gasteiger partial charge in [0.05, 0.1) is 11.2 Å². The Labute approximate surface area is 100 Å². The summed E-state index contributed by atoms with van der Waals surface area (Å²) in [6.07, 6.45) is 1.65. The summed E-state index contributed by atoms with van der Waals surface area (Å²) in [4.78, 5) is 0. The van der Waals surface area contributed by atoms with Crippen molar-refractivity contribution in [2.75, 3.05) is 0 Å². The molecule has 0 spiro atoms. The third-order valence-corrected chi connectivity index (χ3v) is 4.07. The molecule has 3 atom stereocenters. The second-order valence-corrected chi connectivity index (χ2v) is 5.33. The summed E-state index contributed by atoms with van der Waals surface area (Å²) in [5.74, 6) is -0.527. The van der Waals surface area contributed by atoms with E-state index in [0.717, 1.165) is 6.42 Å². The van der Waals surface area contributed by atoms with Gasteiger partial charge in [0.25, 0.3) is 0 Å². The highest BCUT2D eigenvalue weighted by atomic mass is 19.1. The maximum atomic E-state index is 13.7. The van der Waals surface area contributed by atoms with Crippen molar-refractivity contribution in [3.05, 3.63) is 35.4 Å². The van der Waals surface area contributed by atoms with Gasteiger partial charge in [0.1, 0.15) is 11.6 Å². The van der Waals surface area contributed by atoms with Crippen LogP contribution in [0.4, 0.5) is 8.78 Å². The number of hydrogen-bond acceptors (Lipinski definition) is 1. The van der Waals surface area contributed by atoms with E-state index in [-0.39, 0.29) is 11.5 Å². The molecule has 0 saturated heterocycles. The van der Waals surface area contributed by atoms with Gasteiger partial charge < -0.3 is 5.11 Å². The van der Waals surface area contributed by atoms with E-state index in [9.17, 15) is 13.9 Å². The lowest BCUT2D eigenvalue weighted by atomic mass is 9.70. The van der Waals surface area contributed by atoms with Crippen LogP contribution in [0.25, 0.3) is 0 Å². The smallest absolute Gasteiger partial charge is 0.132 e. The maximum absolute atomic E-state index is 13.7. The van der Waals surface area contributed by atoms with E-state index < -0.39 is 17.2 Å². The highest BCUT2D eigenvalue weighted by Gasteiger charge is 2.40. The van der Waals surface area contributed by atoms with Gasteiger partial charge in [-0.05, 0) is 43.2 Å². The van der Waals surface area contributed by atoms with Gasteiger partial charge in [-0.1, -0.05) is 19.9 Å². The molecule has 2 rings (SSSR count). The van der Waals surface area contributed by atoms with E-state index >= 15 is 0 Å². The molecule has 3 unspecified atom stereocenters. The SMILES string of the molecule is CC1CCC(O)(c2c(F)cccc2F)CC1C. The molecular formula is C14H18F2O. The third-order valence-electron chi connectivity index (χ3n) is 4.07. The molecule has 1 aromatic carbocycles. The van der Waals surface area contributed by atoms with Crippen LogP contribution in [0.2, 0.25) is 0 Å². The number of halogens is 2. The van der Waals surface area contributed by atoms with Gasteiger partial charge in [-0.15, -0.1) is 0 Å². The first-order chi connectivity index (χ1) is 7.94. The van der Waals surface area contributed by atoms with Crippen LogP contribution in [0.1, 0.15) is 38.7 Å². The minimum Gasteiger partial charge on any atom is -0.385 e. The molecule has 0 bridgehead atoms. The fourth-order valence-electron chi connectivity index (χ4n) is 2.76. The van der Waals surface area contributed by atoms with E-state index in [4.69, 9.17) is 0 Å². The van der Waals surface area contributed by atoms with Gasteiger partial charge in [-0.3, -0.25) is 0 Å². The summed E-state index contributed by atoms with van der Waals surface area (Å²) >= 11 is 0. The molecule has 1 fully saturated rings. The van der Waals surface area contributed by atoms with E-state index in [1.165, 1.54) is 18.2 Å². The molecule has 17 heavy (non-hydrogen) atoms. The summed E-state index contributed by atoms with van der Waals surface area (Å²) < 4.78 is 27.4. The molecule has 3 heteroatoms. The Morgan fingerprint density at radius 1 is 1.18 bits per heavy atom. The van der Waals surface area contributed by atoms with Gasteiger partial charge in [0, 0.05) is 0 Å². The van der Waals surface area contributed by atoms with Gasteiger partial charge >= 0.3 is 0 Å². The maximum Gasteiger partial charge on any atom is 0.132 e. The van der Waals surface area contributed by atoms with E-state index in [0.29, 0.717) is 18.8 Å². The van der Waals surface area contributed by atoms with Gasteiger partial charge in [0.2, 0.25) is 0 Å². The molecule has 1 aliphatic rings. The monoisotopic (exact) mass is 240 g/mol.